The second-order valence-electron chi connectivity index (χ2n) is 6.72. The standard InChI is InChI=1S/C22H13Cl3N2O3S/c1-11-2-4-13(9-17(11)24)27-21(29)16(20(28)26-22(27)31)10-14-5-7-19(30-14)15-6-3-12(23)8-18(15)25/h2-10H,1H3,(H,26,28,31)/b16-10-. The Morgan fingerprint density at radius 2 is 1.77 bits per heavy atom. The predicted octanol–water partition coefficient (Wildman–Crippen LogP) is 6.05. The summed E-state index contributed by atoms with van der Waals surface area (Å²) >= 11 is 23.6. The lowest BCUT2D eigenvalue weighted by Crippen LogP contribution is -2.54. The van der Waals surface area contributed by atoms with Crippen LogP contribution in [-0.4, -0.2) is 16.9 Å². The molecule has 0 saturated carbocycles. The number of carbonyl (C=O) groups is 2. The normalized spacial score (nSPS) is 15.5. The first kappa shape index (κ1) is 21.6. The van der Waals surface area contributed by atoms with Crippen LogP contribution in [0.3, 0.4) is 0 Å². The van der Waals surface area contributed by atoms with Crippen molar-refractivity contribution >= 4 is 75.7 Å². The van der Waals surface area contributed by atoms with Crippen molar-refractivity contribution in [3.05, 3.63) is 80.5 Å². The Kier molecular flexibility index (Phi) is 5.90. The summed E-state index contributed by atoms with van der Waals surface area (Å²) in [6.07, 6.45) is 1.36. The Morgan fingerprint density at radius 3 is 2.48 bits per heavy atom. The molecule has 2 amide bonds. The summed E-state index contributed by atoms with van der Waals surface area (Å²) in [5.74, 6) is -0.438. The average molecular weight is 492 g/mol. The maximum Gasteiger partial charge on any atom is 0.270 e. The van der Waals surface area contributed by atoms with E-state index in [1.807, 2.05) is 6.92 Å². The number of hydrogen-bond acceptors (Lipinski definition) is 4. The Labute approximate surface area is 198 Å². The number of hydrogen-bond donors (Lipinski definition) is 1. The monoisotopic (exact) mass is 490 g/mol. The lowest BCUT2D eigenvalue weighted by atomic mass is 10.1. The number of halogens is 3. The van der Waals surface area contributed by atoms with Crippen molar-refractivity contribution in [2.45, 2.75) is 6.92 Å². The highest BCUT2D eigenvalue weighted by Crippen LogP contribution is 2.32. The van der Waals surface area contributed by atoms with E-state index in [0.717, 1.165) is 5.56 Å². The topological polar surface area (TPSA) is 62.6 Å². The molecule has 5 nitrogen and oxygen atoms in total. The number of furan rings is 1. The molecule has 1 N–H and O–H groups in total. The number of anilines is 1. The minimum Gasteiger partial charge on any atom is -0.457 e. The first-order valence-corrected chi connectivity index (χ1v) is 10.5. The highest BCUT2D eigenvalue weighted by molar-refractivity contribution is 7.80. The van der Waals surface area contributed by atoms with Gasteiger partial charge in [-0.2, -0.15) is 0 Å². The number of benzene rings is 2. The van der Waals surface area contributed by atoms with E-state index >= 15 is 0 Å². The molecule has 31 heavy (non-hydrogen) atoms. The van der Waals surface area contributed by atoms with Gasteiger partial charge in [0.05, 0.1) is 10.7 Å². The van der Waals surface area contributed by atoms with E-state index in [0.29, 0.717) is 37.8 Å². The van der Waals surface area contributed by atoms with Gasteiger partial charge in [0.1, 0.15) is 17.1 Å². The average Bonchev–Trinajstić information content (AvgIpc) is 3.16. The van der Waals surface area contributed by atoms with E-state index in [1.54, 1.807) is 48.5 Å². The number of thiocarbonyl (C=S) groups is 1. The number of carbonyl (C=O) groups excluding carboxylic acids is 2. The van der Waals surface area contributed by atoms with Crippen LogP contribution in [0.5, 0.6) is 0 Å². The van der Waals surface area contributed by atoms with Crippen molar-refractivity contribution in [3.8, 4) is 11.3 Å². The molecule has 0 bridgehead atoms. The van der Waals surface area contributed by atoms with E-state index < -0.39 is 11.8 Å². The molecule has 0 radical (unpaired) electrons. The summed E-state index contributed by atoms with van der Waals surface area (Å²) in [5.41, 5.74) is 1.80. The SMILES string of the molecule is Cc1ccc(N2C(=O)/C(=C\c3ccc(-c4ccc(Cl)cc4Cl)o3)C(=O)NC2=S)cc1Cl. The Bertz CT molecular complexity index is 1280. The van der Waals surface area contributed by atoms with Gasteiger partial charge in [-0.3, -0.25) is 19.8 Å². The molecule has 1 saturated heterocycles. The van der Waals surface area contributed by atoms with Crippen LogP contribution in [0.25, 0.3) is 17.4 Å². The summed E-state index contributed by atoms with van der Waals surface area (Å²) in [5, 5.41) is 3.89. The highest BCUT2D eigenvalue weighted by Gasteiger charge is 2.35. The van der Waals surface area contributed by atoms with Gasteiger partial charge in [0.15, 0.2) is 5.11 Å². The molecular weight excluding hydrogens is 479 g/mol. The van der Waals surface area contributed by atoms with E-state index in [2.05, 4.69) is 5.32 Å². The third kappa shape index (κ3) is 4.25. The number of nitrogens with one attached hydrogen (secondary N) is 1. The summed E-state index contributed by atoms with van der Waals surface area (Å²) in [7, 11) is 0. The fourth-order valence-electron chi connectivity index (χ4n) is 3.02. The Balaban J connectivity index is 1.69. The highest BCUT2D eigenvalue weighted by atomic mass is 35.5. The summed E-state index contributed by atoms with van der Waals surface area (Å²) < 4.78 is 5.78. The lowest BCUT2D eigenvalue weighted by molar-refractivity contribution is -0.122. The van der Waals surface area contributed by atoms with Crippen molar-refractivity contribution in [3.63, 3.8) is 0 Å². The van der Waals surface area contributed by atoms with Gasteiger partial charge in [-0.1, -0.05) is 40.9 Å². The van der Waals surface area contributed by atoms with Crippen LogP contribution in [0.1, 0.15) is 11.3 Å². The fourth-order valence-corrected chi connectivity index (χ4v) is 3.98. The maximum atomic E-state index is 13.1. The van der Waals surface area contributed by atoms with E-state index in [-0.39, 0.29) is 10.7 Å². The van der Waals surface area contributed by atoms with Gasteiger partial charge in [-0.25, -0.2) is 0 Å². The van der Waals surface area contributed by atoms with Crippen molar-refractivity contribution in [1.82, 2.24) is 5.32 Å². The molecule has 9 heteroatoms. The van der Waals surface area contributed by atoms with Crippen molar-refractivity contribution in [2.24, 2.45) is 0 Å². The van der Waals surface area contributed by atoms with E-state index in [4.69, 9.17) is 51.4 Å². The first-order valence-electron chi connectivity index (χ1n) is 8.97. The second kappa shape index (κ2) is 8.48. The predicted molar refractivity (Wildman–Crippen MR) is 127 cm³/mol. The second-order valence-corrected chi connectivity index (χ2v) is 8.36. The molecule has 1 aliphatic heterocycles. The molecule has 0 atom stereocenters. The number of amides is 2. The molecular formula is C22H13Cl3N2O3S. The Morgan fingerprint density at radius 1 is 1.00 bits per heavy atom. The van der Waals surface area contributed by atoms with Crippen LogP contribution in [0.2, 0.25) is 15.1 Å². The van der Waals surface area contributed by atoms with E-state index in [9.17, 15) is 9.59 Å². The summed E-state index contributed by atoms with van der Waals surface area (Å²) in [6.45, 7) is 1.84. The van der Waals surface area contributed by atoms with Crippen LogP contribution in [0, 0.1) is 6.92 Å². The zero-order valence-corrected chi connectivity index (χ0v) is 19.0. The molecule has 0 aliphatic carbocycles. The number of nitrogens with zero attached hydrogens (tertiary/aromatic N) is 1. The van der Waals surface area contributed by atoms with Crippen LogP contribution < -0.4 is 10.2 Å². The zero-order chi connectivity index (χ0) is 22.3. The van der Waals surface area contributed by atoms with E-state index in [1.165, 1.54) is 11.0 Å². The van der Waals surface area contributed by atoms with Gasteiger partial charge < -0.3 is 4.42 Å². The van der Waals surface area contributed by atoms with Gasteiger partial charge in [0, 0.05) is 15.6 Å². The van der Waals surface area contributed by atoms with Crippen LogP contribution in [-0.2, 0) is 9.59 Å². The van der Waals surface area contributed by atoms with Gasteiger partial charge in [-0.05, 0) is 73.2 Å². The minimum absolute atomic E-state index is 0.0276. The zero-order valence-electron chi connectivity index (χ0n) is 15.9. The first-order chi connectivity index (χ1) is 14.7. The summed E-state index contributed by atoms with van der Waals surface area (Å²) in [6, 6.07) is 13.4. The minimum atomic E-state index is -0.619. The fraction of sp³-hybridized carbons (Fsp3) is 0.0455. The molecule has 3 aromatic rings. The molecule has 1 fully saturated rings. The quantitative estimate of drug-likeness (QED) is 0.275. The van der Waals surface area contributed by atoms with Crippen LogP contribution in [0.4, 0.5) is 5.69 Å². The van der Waals surface area contributed by atoms with Crippen molar-refractivity contribution < 1.29 is 14.0 Å². The Hall–Kier alpha value is -2.64. The molecule has 0 unspecified atom stereocenters. The van der Waals surface area contributed by atoms with Gasteiger partial charge in [0.2, 0.25) is 0 Å². The molecule has 156 valence electrons. The third-order valence-corrected chi connectivity index (χ3v) is 5.86. The molecule has 1 aromatic heterocycles. The van der Waals surface area contributed by atoms with Crippen molar-refractivity contribution in [1.29, 1.82) is 0 Å². The summed E-state index contributed by atoms with van der Waals surface area (Å²) in [4.78, 5) is 26.8. The van der Waals surface area contributed by atoms with Crippen LogP contribution >= 0.6 is 47.0 Å². The number of rotatable bonds is 3. The molecule has 2 heterocycles. The number of aryl methyl sites for hydroxylation is 1. The lowest BCUT2D eigenvalue weighted by Gasteiger charge is -2.29. The van der Waals surface area contributed by atoms with Crippen molar-refractivity contribution in [2.75, 3.05) is 4.90 Å². The third-order valence-electron chi connectivity index (χ3n) is 4.63. The molecule has 0 spiro atoms. The molecule has 4 rings (SSSR count). The van der Waals surface area contributed by atoms with Gasteiger partial charge in [0.25, 0.3) is 11.8 Å². The largest absolute Gasteiger partial charge is 0.457 e. The van der Waals surface area contributed by atoms with Gasteiger partial charge in [-0.15, -0.1) is 0 Å². The maximum absolute atomic E-state index is 13.1. The molecule has 1 aliphatic rings. The smallest absolute Gasteiger partial charge is 0.270 e. The van der Waals surface area contributed by atoms with Gasteiger partial charge >= 0.3 is 0 Å². The molecule has 2 aromatic carbocycles. The van der Waals surface area contributed by atoms with Crippen LogP contribution in [0.15, 0.2) is 58.5 Å².